The molecule has 2 aliphatic heterocycles. The quantitative estimate of drug-likeness (QED) is 0.273. The summed E-state index contributed by atoms with van der Waals surface area (Å²) in [5.74, 6) is -3.35. The SMILES string of the molecule is NC(=O)OC1CCCCCC=CC2CC2(S(=O)(=O)NCCc2ccccc2)NC(=O)C2(C(N)=O)CCCN2C1=O. The van der Waals surface area contributed by atoms with Gasteiger partial charge in [0.1, 0.15) is 0 Å². The number of nitrogens with one attached hydrogen (secondary N) is 2. The van der Waals surface area contributed by atoms with Crippen molar-refractivity contribution in [2.24, 2.45) is 17.4 Å². The molecule has 2 fully saturated rings. The summed E-state index contributed by atoms with van der Waals surface area (Å²) in [5.41, 5.74) is 9.77. The smallest absolute Gasteiger partial charge is 0.405 e. The minimum Gasteiger partial charge on any atom is -0.436 e. The molecule has 40 heavy (non-hydrogen) atoms. The molecular weight excluding hydrogens is 538 g/mol. The summed E-state index contributed by atoms with van der Waals surface area (Å²) in [5, 5.41) is 2.63. The van der Waals surface area contributed by atoms with Gasteiger partial charge in [0.15, 0.2) is 11.0 Å². The molecule has 1 saturated heterocycles. The zero-order valence-electron chi connectivity index (χ0n) is 22.3. The zero-order chi connectivity index (χ0) is 29.0. The van der Waals surface area contributed by atoms with Gasteiger partial charge in [-0.05, 0) is 56.9 Å². The second-order valence-electron chi connectivity index (χ2n) is 10.6. The number of hydrogen-bond acceptors (Lipinski definition) is 7. The lowest BCUT2D eigenvalue weighted by molar-refractivity contribution is -0.157. The Morgan fingerprint density at radius 3 is 2.55 bits per heavy atom. The minimum atomic E-state index is -4.12. The third-order valence-electron chi connectivity index (χ3n) is 7.98. The first kappa shape index (κ1) is 29.5. The molecule has 0 bridgehead atoms. The number of carbonyl (C=O) groups is 4. The van der Waals surface area contributed by atoms with Crippen molar-refractivity contribution in [2.45, 2.75) is 74.3 Å². The predicted octanol–water partition coefficient (Wildman–Crippen LogP) is 0.812. The van der Waals surface area contributed by atoms with Crippen LogP contribution in [0.1, 0.15) is 56.9 Å². The Bertz CT molecular complexity index is 1270. The van der Waals surface area contributed by atoms with E-state index >= 15 is 0 Å². The number of primary amides is 2. The predicted molar refractivity (Wildman–Crippen MR) is 146 cm³/mol. The van der Waals surface area contributed by atoms with Crippen LogP contribution in [0.3, 0.4) is 0 Å². The van der Waals surface area contributed by atoms with Crippen molar-refractivity contribution in [3.05, 3.63) is 48.0 Å². The van der Waals surface area contributed by atoms with Crippen LogP contribution in [0.2, 0.25) is 0 Å². The Kier molecular flexibility index (Phi) is 8.83. The number of fused-ring (bicyclic) bond motifs is 2. The Balaban J connectivity index is 1.65. The van der Waals surface area contributed by atoms with Crippen LogP contribution in [0.4, 0.5) is 4.79 Å². The van der Waals surface area contributed by atoms with Gasteiger partial charge in [0.05, 0.1) is 0 Å². The van der Waals surface area contributed by atoms with Gasteiger partial charge in [0.25, 0.3) is 17.7 Å². The minimum absolute atomic E-state index is 0.00617. The molecule has 4 atom stereocenters. The molecular formula is C27H37N5O7S. The number of nitrogens with zero attached hydrogens (tertiary/aromatic N) is 1. The number of hydrogen-bond donors (Lipinski definition) is 4. The molecule has 13 heteroatoms. The first-order valence-electron chi connectivity index (χ1n) is 13.6. The molecule has 4 rings (SSSR count). The molecule has 3 aliphatic rings. The fourth-order valence-electron chi connectivity index (χ4n) is 5.71. The van der Waals surface area contributed by atoms with E-state index in [1.54, 1.807) is 6.08 Å². The van der Waals surface area contributed by atoms with E-state index in [2.05, 4.69) is 10.0 Å². The van der Waals surface area contributed by atoms with E-state index in [-0.39, 0.29) is 38.8 Å². The second kappa shape index (κ2) is 12.0. The molecule has 1 aromatic carbocycles. The van der Waals surface area contributed by atoms with Crippen LogP contribution in [0.25, 0.3) is 0 Å². The largest absolute Gasteiger partial charge is 0.436 e. The van der Waals surface area contributed by atoms with Gasteiger partial charge >= 0.3 is 6.09 Å². The summed E-state index contributed by atoms with van der Waals surface area (Å²) in [6.07, 6.45) is 4.76. The van der Waals surface area contributed by atoms with E-state index in [0.717, 1.165) is 16.9 Å². The Morgan fingerprint density at radius 2 is 1.85 bits per heavy atom. The van der Waals surface area contributed by atoms with Gasteiger partial charge in [-0.25, -0.2) is 17.9 Å². The maximum absolute atomic E-state index is 13.9. The Morgan fingerprint density at radius 1 is 1.10 bits per heavy atom. The molecule has 2 heterocycles. The number of rotatable bonds is 7. The average molecular weight is 576 g/mol. The highest BCUT2D eigenvalue weighted by molar-refractivity contribution is 7.91. The van der Waals surface area contributed by atoms with Gasteiger partial charge in [-0.1, -0.05) is 48.9 Å². The molecule has 0 aromatic heterocycles. The molecule has 4 amide bonds. The van der Waals surface area contributed by atoms with Gasteiger partial charge in [-0.15, -0.1) is 0 Å². The fraction of sp³-hybridized carbons (Fsp3) is 0.556. The van der Waals surface area contributed by atoms with Crippen molar-refractivity contribution in [1.82, 2.24) is 14.9 Å². The van der Waals surface area contributed by atoms with Gasteiger partial charge in [-0.2, -0.15) is 0 Å². The van der Waals surface area contributed by atoms with Crippen LogP contribution >= 0.6 is 0 Å². The molecule has 4 unspecified atom stereocenters. The van der Waals surface area contributed by atoms with Crippen molar-refractivity contribution in [2.75, 3.05) is 13.1 Å². The van der Waals surface area contributed by atoms with Crippen molar-refractivity contribution in [3.63, 3.8) is 0 Å². The number of amides is 4. The summed E-state index contributed by atoms with van der Waals surface area (Å²) in [6.45, 7) is 0.115. The van der Waals surface area contributed by atoms with Crippen molar-refractivity contribution >= 4 is 33.8 Å². The standard InChI is InChI=1S/C27H37N5O7S/c28-23(34)26-15-9-17-32(26)22(33)21(39-25(29)36)13-8-3-1-2-7-12-20-18-27(20,31-24(26)35)40(37,38)30-16-14-19-10-5-4-6-11-19/h4-7,10-12,20-21,30H,1-3,8-9,13-18H2,(H2,28,34)(H2,29,36)(H,31,35). The Hall–Kier alpha value is -3.45. The van der Waals surface area contributed by atoms with E-state index in [9.17, 15) is 27.6 Å². The monoisotopic (exact) mass is 575 g/mol. The number of benzene rings is 1. The van der Waals surface area contributed by atoms with Gasteiger partial charge in [0, 0.05) is 19.0 Å². The maximum atomic E-state index is 13.9. The summed E-state index contributed by atoms with van der Waals surface area (Å²) >= 11 is 0. The third-order valence-corrected chi connectivity index (χ3v) is 10.1. The van der Waals surface area contributed by atoms with E-state index in [1.165, 1.54) is 0 Å². The van der Waals surface area contributed by atoms with Crippen LogP contribution in [0, 0.1) is 5.92 Å². The molecule has 6 N–H and O–H groups in total. The van der Waals surface area contributed by atoms with Gasteiger partial charge < -0.3 is 26.4 Å². The van der Waals surface area contributed by atoms with E-state index in [4.69, 9.17) is 16.2 Å². The topological polar surface area (TPSA) is 191 Å². The van der Waals surface area contributed by atoms with E-state index in [0.29, 0.717) is 25.7 Å². The normalized spacial score (nSPS) is 29.4. The summed E-state index contributed by atoms with van der Waals surface area (Å²) in [7, 11) is -4.12. The van der Waals surface area contributed by atoms with Gasteiger partial charge in [0.2, 0.25) is 15.6 Å². The lowest BCUT2D eigenvalue weighted by Crippen LogP contribution is -2.68. The first-order chi connectivity index (χ1) is 19.0. The van der Waals surface area contributed by atoms with E-state index in [1.807, 2.05) is 36.4 Å². The van der Waals surface area contributed by atoms with Crippen LogP contribution in [0.5, 0.6) is 0 Å². The second-order valence-corrected chi connectivity index (χ2v) is 12.6. The average Bonchev–Trinajstić information content (AvgIpc) is 3.41. The third kappa shape index (κ3) is 5.85. The number of nitrogens with two attached hydrogens (primary N) is 2. The van der Waals surface area contributed by atoms with Gasteiger partial charge in [-0.3, -0.25) is 14.4 Å². The number of sulfonamides is 1. The van der Waals surface area contributed by atoms with Crippen molar-refractivity contribution < 1.29 is 32.3 Å². The number of ether oxygens (including phenoxy) is 1. The molecule has 12 nitrogen and oxygen atoms in total. The maximum Gasteiger partial charge on any atom is 0.405 e. The fourth-order valence-corrected chi connectivity index (χ4v) is 7.44. The highest BCUT2D eigenvalue weighted by Gasteiger charge is 2.67. The molecule has 1 aromatic rings. The summed E-state index contributed by atoms with van der Waals surface area (Å²) in [4.78, 5) is 51.2. The highest BCUT2D eigenvalue weighted by Crippen LogP contribution is 2.49. The van der Waals surface area contributed by atoms with Crippen LogP contribution in [-0.2, 0) is 35.6 Å². The van der Waals surface area contributed by atoms with Crippen LogP contribution < -0.4 is 21.5 Å². The molecule has 1 aliphatic carbocycles. The van der Waals surface area contributed by atoms with Crippen LogP contribution in [0.15, 0.2) is 42.5 Å². The zero-order valence-corrected chi connectivity index (χ0v) is 23.2. The van der Waals surface area contributed by atoms with Crippen molar-refractivity contribution in [3.8, 4) is 0 Å². The first-order valence-corrected chi connectivity index (χ1v) is 15.1. The number of carbonyl (C=O) groups excluding carboxylic acids is 4. The molecule has 1 saturated carbocycles. The highest BCUT2D eigenvalue weighted by atomic mass is 32.2. The van der Waals surface area contributed by atoms with Crippen LogP contribution in [-0.4, -0.2) is 66.7 Å². The lowest BCUT2D eigenvalue weighted by atomic mass is 9.92. The molecule has 0 radical (unpaired) electrons. The lowest BCUT2D eigenvalue weighted by Gasteiger charge is -2.37. The van der Waals surface area contributed by atoms with Crippen molar-refractivity contribution in [1.29, 1.82) is 0 Å². The van der Waals surface area contributed by atoms with E-state index < -0.39 is 56.3 Å². The number of allylic oxidation sites excluding steroid dienone is 1. The molecule has 218 valence electrons. The summed E-state index contributed by atoms with van der Waals surface area (Å²) in [6, 6.07) is 9.37. The Labute approximate surface area is 233 Å². The summed E-state index contributed by atoms with van der Waals surface area (Å²) < 4.78 is 35.0. The molecule has 0 spiro atoms.